The summed E-state index contributed by atoms with van der Waals surface area (Å²) in [6.07, 6.45) is 0.0463. The van der Waals surface area contributed by atoms with Gasteiger partial charge in [0.1, 0.15) is 0 Å². The molecule has 0 unspecified atom stereocenters. The Morgan fingerprint density at radius 2 is 1.82 bits per heavy atom. The fourth-order valence-electron chi connectivity index (χ4n) is 2.99. The van der Waals surface area contributed by atoms with Crippen LogP contribution in [0.1, 0.15) is 27.2 Å². The minimum absolute atomic E-state index is 0.0463. The highest BCUT2D eigenvalue weighted by Gasteiger charge is 2.15. The van der Waals surface area contributed by atoms with Crippen molar-refractivity contribution in [2.24, 2.45) is 0 Å². The number of hydrogen-bond acceptors (Lipinski definition) is 5. The lowest BCUT2D eigenvalue weighted by molar-refractivity contribution is -0.384. The summed E-state index contributed by atoms with van der Waals surface area (Å²) in [6, 6.07) is 12.9. The molecule has 1 heterocycles. The Balaban J connectivity index is 1.69. The number of hydrogen-bond donors (Lipinski definition) is 2. The quantitative estimate of drug-likeness (QED) is 0.535. The zero-order chi connectivity index (χ0) is 20.3. The summed E-state index contributed by atoms with van der Waals surface area (Å²) in [4.78, 5) is 39.2. The summed E-state index contributed by atoms with van der Waals surface area (Å²) in [7, 11) is 0. The van der Waals surface area contributed by atoms with E-state index in [9.17, 15) is 19.7 Å². The van der Waals surface area contributed by atoms with Gasteiger partial charge in [-0.15, -0.1) is 0 Å². The van der Waals surface area contributed by atoms with Crippen molar-refractivity contribution in [1.82, 2.24) is 15.8 Å². The first-order chi connectivity index (χ1) is 13.4. The average molecular weight is 378 g/mol. The summed E-state index contributed by atoms with van der Waals surface area (Å²) in [5.74, 6) is -1.05. The molecule has 3 rings (SSSR count). The standard InChI is InChI=1S/C20H18N4O4/c1-12-16-8-3-4-9-18(16)21-13(2)17(12)11-19(25)22-23-20(26)14-6-5-7-15(10-14)24(27)28/h3-10H,11H2,1-2H3,(H,22,25)(H,23,26). The Bertz CT molecular complexity index is 1090. The van der Waals surface area contributed by atoms with Crippen molar-refractivity contribution in [1.29, 1.82) is 0 Å². The van der Waals surface area contributed by atoms with E-state index in [1.807, 2.05) is 38.1 Å². The normalized spacial score (nSPS) is 10.5. The van der Waals surface area contributed by atoms with E-state index in [1.54, 1.807) is 0 Å². The second-order valence-corrected chi connectivity index (χ2v) is 6.30. The fourth-order valence-corrected chi connectivity index (χ4v) is 2.99. The summed E-state index contributed by atoms with van der Waals surface area (Å²) >= 11 is 0. The zero-order valence-electron chi connectivity index (χ0n) is 15.4. The molecule has 0 spiro atoms. The van der Waals surface area contributed by atoms with Gasteiger partial charge in [-0.3, -0.25) is 35.5 Å². The zero-order valence-corrected chi connectivity index (χ0v) is 15.4. The van der Waals surface area contributed by atoms with Gasteiger partial charge < -0.3 is 0 Å². The summed E-state index contributed by atoms with van der Waals surface area (Å²) < 4.78 is 0. The van der Waals surface area contributed by atoms with E-state index >= 15 is 0 Å². The van der Waals surface area contributed by atoms with Crippen LogP contribution in [0.2, 0.25) is 0 Å². The maximum absolute atomic E-state index is 12.3. The number of nitrogens with zero attached hydrogens (tertiary/aromatic N) is 2. The summed E-state index contributed by atoms with van der Waals surface area (Å²) in [6.45, 7) is 3.77. The highest BCUT2D eigenvalue weighted by molar-refractivity contribution is 5.96. The highest BCUT2D eigenvalue weighted by Crippen LogP contribution is 2.22. The Morgan fingerprint density at radius 3 is 2.57 bits per heavy atom. The SMILES string of the molecule is Cc1nc2ccccc2c(C)c1CC(=O)NNC(=O)c1cccc([N+](=O)[O-])c1. The number of nitro benzene ring substituents is 1. The van der Waals surface area contributed by atoms with Gasteiger partial charge in [0, 0.05) is 28.8 Å². The van der Waals surface area contributed by atoms with E-state index in [1.165, 1.54) is 18.2 Å². The van der Waals surface area contributed by atoms with Crippen LogP contribution in [0.25, 0.3) is 10.9 Å². The number of fused-ring (bicyclic) bond motifs is 1. The van der Waals surface area contributed by atoms with Gasteiger partial charge in [0.05, 0.1) is 16.9 Å². The highest BCUT2D eigenvalue weighted by atomic mass is 16.6. The van der Waals surface area contributed by atoms with Gasteiger partial charge in [0.15, 0.2) is 0 Å². The van der Waals surface area contributed by atoms with Gasteiger partial charge in [-0.25, -0.2) is 0 Å². The number of non-ortho nitro benzene ring substituents is 1. The lowest BCUT2D eigenvalue weighted by Crippen LogP contribution is -2.42. The van der Waals surface area contributed by atoms with Gasteiger partial charge in [-0.05, 0) is 37.1 Å². The van der Waals surface area contributed by atoms with Crippen molar-refractivity contribution >= 4 is 28.4 Å². The molecule has 0 radical (unpaired) electrons. The molecular weight excluding hydrogens is 360 g/mol. The van der Waals surface area contributed by atoms with Crippen LogP contribution in [0.4, 0.5) is 5.69 Å². The summed E-state index contributed by atoms with van der Waals surface area (Å²) in [5, 5.41) is 11.8. The molecule has 1 aromatic heterocycles. The van der Waals surface area contributed by atoms with E-state index in [4.69, 9.17) is 0 Å². The molecule has 3 aromatic rings. The Labute approximate surface area is 160 Å². The van der Waals surface area contributed by atoms with Crippen LogP contribution in [0.5, 0.6) is 0 Å². The average Bonchev–Trinajstić information content (AvgIpc) is 2.69. The van der Waals surface area contributed by atoms with Gasteiger partial charge in [0.2, 0.25) is 5.91 Å². The number of hydrazine groups is 1. The minimum Gasteiger partial charge on any atom is -0.273 e. The molecule has 0 fully saturated rings. The molecule has 0 aliphatic heterocycles. The molecule has 2 aromatic carbocycles. The lowest BCUT2D eigenvalue weighted by atomic mass is 9.99. The lowest BCUT2D eigenvalue weighted by Gasteiger charge is -2.13. The molecule has 28 heavy (non-hydrogen) atoms. The van der Waals surface area contributed by atoms with Gasteiger partial charge in [-0.1, -0.05) is 24.3 Å². The number of pyridine rings is 1. The molecule has 2 amide bonds. The largest absolute Gasteiger partial charge is 0.273 e. The maximum atomic E-state index is 12.3. The number of nitrogens with one attached hydrogen (secondary N) is 2. The van der Waals surface area contributed by atoms with Crippen LogP contribution in [0, 0.1) is 24.0 Å². The molecular formula is C20H18N4O4. The number of carbonyl (C=O) groups is 2. The number of aromatic nitrogens is 1. The number of nitro groups is 1. The van der Waals surface area contributed by atoms with Crippen LogP contribution in [0.15, 0.2) is 48.5 Å². The molecule has 0 saturated carbocycles. The third-order valence-electron chi connectivity index (χ3n) is 4.46. The molecule has 8 heteroatoms. The van der Waals surface area contributed by atoms with E-state index in [-0.39, 0.29) is 17.7 Å². The van der Waals surface area contributed by atoms with Crippen LogP contribution in [-0.2, 0) is 11.2 Å². The maximum Gasteiger partial charge on any atom is 0.270 e. The second kappa shape index (κ2) is 7.83. The van der Waals surface area contributed by atoms with Crippen molar-refractivity contribution < 1.29 is 14.5 Å². The number of aryl methyl sites for hydroxylation is 2. The van der Waals surface area contributed by atoms with Crippen LogP contribution in [0.3, 0.4) is 0 Å². The van der Waals surface area contributed by atoms with Crippen molar-refractivity contribution in [3.05, 3.63) is 81.0 Å². The first-order valence-electron chi connectivity index (χ1n) is 8.55. The van der Waals surface area contributed by atoms with E-state index in [0.29, 0.717) is 0 Å². The van der Waals surface area contributed by atoms with Crippen molar-refractivity contribution in [3.8, 4) is 0 Å². The van der Waals surface area contributed by atoms with Gasteiger partial charge in [-0.2, -0.15) is 0 Å². The predicted molar refractivity (Wildman–Crippen MR) is 104 cm³/mol. The molecule has 0 saturated heterocycles. The first kappa shape index (κ1) is 19.0. The van der Waals surface area contributed by atoms with E-state index in [2.05, 4.69) is 15.8 Å². The Kier molecular flexibility index (Phi) is 5.30. The van der Waals surface area contributed by atoms with Crippen molar-refractivity contribution in [3.63, 3.8) is 0 Å². The van der Waals surface area contributed by atoms with Gasteiger partial charge in [0.25, 0.3) is 11.6 Å². The third-order valence-corrected chi connectivity index (χ3v) is 4.46. The van der Waals surface area contributed by atoms with Crippen LogP contribution in [-0.4, -0.2) is 21.7 Å². The fraction of sp³-hybridized carbons (Fsp3) is 0.150. The number of amides is 2. The topological polar surface area (TPSA) is 114 Å². The number of carbonyl (C=O) groups excluding carboxylic acids is 2. The van der Waals surface area contributed by atoms with Crippen LogP contribution >= 0.6 is 0 Å². The molecule has 2 N–H and O–H groups in total. The third kappa shape index (κ3) is 3.96. The monoisotopic (exact) mass is 378 g/mol. The van der Waals surface area contributed by atoms with E-state index in [0.717, 1.165) is 33.8 Å². The minimum atomic E-state index is -0.637. The Hall–Kier alpha value is -3.81. The number of para-hydroxylation sites is 1. The smallest absolute Gasteiger partial charge is 0.270 e. The van der Waals surface area contributed by atoms with Crippen molar-refractivity contribution in [2.45, 2.75) is 20.3 Å². The van der Waals surface area contributed by atoms with E-state index < -0.39 is 16.7 Å². The molecule has 8 nitrogen and oxygen atoms in total. The summed E-state index contributed by atoms with van der Waals surface area (Å²) in [5.41, 5.74) is 7.86. The Morgan fingerprint density at radius 1 is 1.07 bits per heavy atom. The van der Waals surface area contributed by atoms with Crippen LogP contribution < -0.4 is 10.9 Å². The molecule has 0 aliphatic carbocycles. The number of rotatable bonds is 4. The molecule has 0 aliphatic rings. The molecule has 142 valence electrons. The van der Waals surface area contributed by atoms with Gasteiger partial charge >= 0.3 is 0 Å². The number of benzene rings is 2. The molecule has 0 atom stereocenters. The predicted octanol–water partition coefficient (Wildman–Crippen LogP) is 2.76. The van der Waals surface area contributed by atoms with Crippen molar-refractivity contribution in [2.75, 3.05) is 0 Å². The molecule has 0 bridgehead atoms. The first-order valence-corrected chi connectivity index (χ1v) is 8.55. The second-order valence-electron chi connectivity index (χ2n) is 6.30.